The van der Waals surface area contributed by atoms with Crippen LogP contribution in [0, 0.1) is 0 Å². The van der Waals surface area contributed by atoms with Gasteiger partial charge < -0.3 is 4.74 Å². The highest BCUT2D eigenvalue weighted by atomic mass is 16.5. The zero-order chi connectivity index (χ0) is 9.68. The van der Waals surface area contributed by atoms with E-state index in [1.807, 2.05) is 18.2 Å². The molecule has 1 aromatic rings. The van der Waals surface area contributed by atoms with Crippen molar-refractivity contribution in [3.05, 3.63) is 35.9 Å². The maximum atomic E-state index is 5.27. The van der Waals surface area contributed by atoms with Crippen LogP contribution in [0.1, 0.15) is 25.8 Å². The lowest BCUT2D eigenvalue weighted by atomic mass is 10.1. The molecule has 0 amide bonds. The molecule has 1 aromatic carbocycles. The number of allylic oxidation sites excluding steroid dienone is 2. The van der Waals surface area contributed by atoms with Crippen LogP contribution in [0.3, 0.4) is 0 Å². The molecular formula is C12H16O. The minimum absolute atomic E-state index is 0.949. The Balaban J connectivity index is 3.05. The van der Waals surface area contributed by atoms with E-state index in [9.17, 15) is 0 Å². The van der Waals surface area contributed by atoms with Gasteiger partial charge in [-0.1, -0.05) is 31.2 Å². The molecule has 0 aromatic heterocycles. The van der Waals surface area contributed by atoms with E-state index in [2.05, 4.69) is 26.0 Å². The molecule has 0 N–H and O–H groups in total. The lowest BCUT2D eigenvalue weighted by Crippen LogP contribution is -1.88. The number of benzene rings is 1. The third kappa shape index (κ3) is 2.35. The van der Waals surface area contributed by atoms with Gasteiger partial charge in [0.05, 0.1) is 7.11 Å². The van der Waals surface area contributed by atoms with Crippen LogP contribution < -0.4 is 4.74 Å². The molecule has 0 saturated carbocycles. The van der Waals surface area contributed by atoms with E-state index >= 15 is 0 Å². The minimum Gasteiger partial charge on any atom is -0.496 e. The van der Waals surface area contributed by atoms with E-state index in [4.69, 9.17) is 4.74 Å². The quantitative estimate of drug-likeness (QED) is 0.684. The lowest BCUT2D eigenvalue weighted by molar-refractivity contribution is 0.413. The van der Waals surface area contributed by atoms with Crippen molar-refractivity contribution in [1.29, 1.82) is 0 Å². The molecule has 0 saturated heterocycles. The van der Waals surface area contributed by atoms with Crippen LogP contribution in [0.15, 0.2) is 30.3 Å². The van der Waals surface area contributed by atoms with Gasteiger partial charge in [-0.15, -0.1) is 0 Å². The maximum absolute atomic E-state index is 5.27. The standard InChI is InChI=1S/C12H16O/c1-4-7-10(2)11-8-5-6-9-12(11)13-3/h5-9H,4H2,1-3H3/b10-7-. The van der Waals surface area contributed by atoms with E-state index in [0.29, 0.717) is 0 Å². The van der Waals surface area contributed by atoms with E-state index in [1.165, 1.54) is 11.1 Å². The largest absolute Gasteiger partial charge is 0.496 e. The van der Waals surface area contributed by atoms with Gasteiger partial charge in [-0.2, -0.15) is 0 Å². The molecule has 0 bridgehead atoms. The van der Waals surface area contributed by atoms with Crippen LogP contribution in [0.4, 0.5) is 0 Å². The summed E-state index contributed by atoms with van der Waals surface area (Å²) in [6.45, 7) is 4.25. The Morgan fingerprint density at radius 2 is 2.08 bits per heavy atom. The highest BCUT2D eigenvalue weighted by molar-refractivity contribution is 5.68. The second-order valence-corrected chi connectivity index (χ2v) is 3.00. The summed E-state index contributed by atoms with van der Waals surface area (Å²) in [6.07, 6.45) is 3.27. The Morgan fingerprint density at radius 1 is 1.38 bits per heavy atom. The van der Waals surface area contributed by atoms with Crippen LogP contribution in [-0.2, 0) is 0 Å². The summed E-state index contributed by atoms with van der Waals surface area (Å²) in [7, 11) is 1.71. The molecule has 0 fully saturated rings. The second-order valence-electron chi connectivity index (χ2n) is 3.00. The Bertz CT molecular complexity index is 300. The lowest BCUT2D eigenvalue weighted by Gasteiger charge is -2.07. The zero-order valence-corrected chi connectivity index (χ0v) is 8.50. The predicted octanol–water partition coefficient (Wildman–Crippen LogP) is 3.51. The van der Waals surface area contributed by atoms with E-state index in [0.717, 1.165) is 12.2 Å². The van der Waals surface area contributed by atoms with Gasteiger partial charge in [0.15, 0.2) is 0 Å². The van der Waals surface area contributed by atoms with Crippen LogP contribution >= 0.6 is 0 Å². The fourth-order valence-corrected chi connectivity index (χ4v) is 1.39. The van der Waals surface area contributed by atoms with Gasteiger partial charge in [0.25, 0.3) is 0 Å². The SMILES string of the molecule is CC/C=C(/C)c1ccccc1OC. The Hall–Kier alpha value is -1.24. The minimum atomic E-state index is 0.949. The molecule has 1 rings (SSSR count). The fourth-order valence-electron chi connectivity index (χ4n) is 1.39. The average molecular weight is 176 g/mol. The molecule has 70 valence electrons. The van der Waals surface area contributed by atoms with Crippen molar-refractivity contribution in [3.8, 4) is 5.75 Å². The molecule has 0 heterocycles. The van der Waals surface area contributed by atoms with Gasteiger partial charge >= 0.3 is 0 Å². The van der Waals surface area contributed by atoms with Crippen LogP contribution in [0.25, 0.3) is 5.57 Å². The summed E-state index contributed by atoms with van der Waals surface area (Å²) < 4.78 is 5.27. The van der Waals surface area contributed by atoms with E-state index in [1.54, 1.807) is 7.11 Å². The third-order valence-electron chi connectivity index (χ3n) is 2.04. The summed E-state index contributed by atoms with van der Waals surface area (Å²) in [5.74, 6) is 0.949. The fraction of sp³-hybridized carbons (Fsp3) is 0.333. The summed E-state index contributed by atoms with van der Waals surface area (Å²) in [5.41, 5.74) is 2.46. The van der Waals surface area contributed by atoms with E-state index < -0.39 is 0 Å². The average Bonchev–Trinajstić information content (AvgIpc) is 2.18. The third-order valence-corrected chi connectivity index (χ3v) is 2.04. The number of hydrogen-bond donors (Lipinski definition) is 0. The monoisotopic (exact) mass is 176 g/mol. The Labute approximate surface area is 80.0 Å². The molecule has 0 aliphatic heterocycles. The van der Waals surface area contributed by atoms with Gasteiger partial charge in [-0.3, -0.25) is 0 Å². The van der Waals surface area contributed by atoms with Crippen molar-refractivity contribution in [2.45, 2.75) is 20.3 Å². The van der Waals surface area contributed by atoms with Crippen molar-refractivity contribution < 1.29 is 4.74 Å². The highest BCUT2D eigenvalue weighted by Crippen LogP contribution is 2.25. The molecule has 0 radical (unpaired) electrons. The van der Waals surface area contributed by atoms with Gasteiger partial charge in [0, 0.05) is 5.56 Å². The molecule has 1 heteroatoms. The Morgan fingerprint density at radius 3 is 2.69 bits per heavy atom. The van der Waals surface area contributed by atoms with Crippen molar-refractivity contribution >= 4 is 5.57 Å². The molecular weight excluding hydrogens is 160 g/mol. The molecule has 13 heavy (non-hydrogen) atoms. The second kappa shape index (κ2) is 4.70. The summed E-state index contributed by atoms with van der Waals surface area (Å²) in [6, 6.07) is 8.09. The first kappa shape index (κ1) is 9.85. The zero-order valence-electron chi connectivity index (χ0n) is 8.50. The topological polar surface area (TPSA) is 9.23 Å². The highest BCUT2D eigenvalue weighted by Gasteiger charge is 2.01. The van der Waals surface area contributed by atoms with Crippen molar-refractivity contribution in [2.24, 2.45) is 0 Å². The van der Waals surface area contributed by atoms with Crippen molar-refractivity contribution in [1.82, 2.24) is 0 Å². The van der Waals surface area contributed by atoms with E-state index in [-0.39, 0.29) is 0 Å². The van der Waals surface area contributed by atoms with Crippen LogP contribution in [0.5, 0.6) is 5.75 Å². The van der Waals surface area contributed by atoms with Crippen LogP contribution in [0.2, 0.25) is 0 Å². The summed E-state index contributed by atoms with van der Waals surface area (Å²) in [4.78, 5) is 0. The first-order chi connectivity index (χ1) is 6.29. The molecule has 0 spiro atoms. The summed E-state index contributed by atoms with van der Waals surface area (Å²) >= 11 is 0. The number of rotatable bonds is 3. The number of hydrogen-bond acceptors (Lipinski definition) is 1. The smallest absolute Gasteiger partial charge is 0.126 e. The first-order valence-electron chi connectivity index (χ1n) is 4.59. The van der Waals surface area contributed by atoms with Crippen LogP contribution in [-0.4, -0.2) is 7.11 Å². The first-order valence-corrected chi connectivity index (χ1v) is 4.59. The van der Waals surface area contributed by atoms with Gasteiger partial charge in [0.2, 0.25) is 0 Å². The molecule has 0 atom stereocenters. The predicted molar refractivity (Wildman–Crippen MR) is 56.9 cm³/mol. The van der Waals surface area contributed by atoms with Crippen molar-refractivity contribution in [2.75, 3.05) is 7.11 Å². The van der Waals surface area contributed by atoms with Gasteiger partial charge in [0.1, 0.15) is 5.75 Å². The molecule has 0 aliphatic carbocycles. The van der Waals surface area contributed by atoms with Gasteiger partial charge in [-0.25, -0.2) is 0 Å². The summed E-state index contributed by atoms with van der Waals surface area (Å²) in [5, 5.41) is 0. The molecule has 0 unspecified atom stereocenters. The molecule has 0 aliphatic rings. The van der Waals surface area contributed by atoms with Gasteiger partial charge in [-0.05, 0) is 25.0 Å². The number of methoxy groups -OCH3 is 1. The molecule has 1 nitrogen and oxygen atoms in total. The maximum Gasteiger partial charge on any atom is 0.126 e. The Kier molecular flexibility index (Phi) is 3.56. The van der Waals surface area contributed by atoms with Crippen molar-refractivity contribution in [3.63, 3.8) is 0 Å². The normalized spacial score (nSPS) is 11.5. The number of para-hydroxylation sites is 1. The number of ether oxygens (including phenoxy) is 1.